The largest absolute Gasteiger partial charge is 0.493 e. The van der Waals surface area contributed by atoms with Crippen LogP contribution in [-0.2, 0) is 14.3 Å². The number of nitrogens with one attached hydrogen (secondary N) is 1. The predicted octanol–water partition coefficient (Wildman–Crippen LogP) is 3.38. The number of amides is 1. The molecule has 27 heavy (non-hydrogen) atoms. The monoisotopic (exact) mass is 411 g/mol. The molecule has 0 radical (unpaired) electrons. The summed E-state index contributed by atoms with van der Waals surface area (Å²) < 4.78 is 15.2. The van der Waals surface area contributed by atoms with Crippen molar-refractivity contribution in [3.8, 4) is 11.5 Å². The molecule has 0 unspecified atom stereocenters. The standard InChI is InChI=1S/C18H15Cl2NO6/c1-25-15-7-11(8-22)5-6-14(15)26-10-17(24)27-9-16(23)21-13-4-2-3-12(19)18(13)20/h2-8H,9-10H2,1H3,(H,21,23). The average molecular weight is 412 g/mol. The first-order chi connectivity index (χ1) is 12.9. The molecule has 2 aromatic carbocycles. The van der Waals surface area contributed by atoms with Gasteiger partial charge in [0.25, 0.3) is 5.91 Å². The van der Waals surface area contributed by atoms with E-state index in [4.69, 9.17) is 37.4 Å². The molecule has 0 saturated heterocycles. The Hall–Kier alpha value is -2.77. The number of carbonyl (C=O) groups is 3. The fourth-order valence-corrected chi connectivity index (χ4v) is 2.34. The molecule has 0 atom stereocenters. The van der Waals surface area contributed by atoms with Gasteiger partial charge >= 0.3 is 5.97 Å². The van der Waals surface area contributed by atoms with E-state index < -0.39 is 25.1 Å². The number of rotatable bonds is 8. The van der Waals surface area contributed by atoms with Gasteiger partial charge in [0.15, 0.2) is 24.7 Å². The van der Waals surface area contributed by atoms with Crippen molar-refractivity contribution in [1.82, 2.24) is 0 Å². The molecule has 0 aromatic heterocycles. The van der Waals surface area contributed by atoms with Crippen LogP contribution < -0.4 is 14.8 Å². The molecular formula is C18H15Cl2NO6. The van der Waals surface area contributed by atoms with Gasteiger partial charge in [0.1, 0.15) is 6.29 Å². The number of hydrogen-bond donors (Lipinski definition) is 1. The van der Waals surface area contributed by atoms with Crippen molar-refractivity contribution in [2.75, 3.05) is 25.6 Å². The van der Waals surface area contributed by atoms with Crippen LogP contribution in [0.25, 0.3) is 0 Å². The number of ether oxygens (including phenoxy) is 3. The number of anilines is 1. The lowest BCUT2D eigenvalue weighted by molar-refractivity contribution is -0.149. The zero-order chi connectivity index (χ0) is 19.8. The zero-order valence-corrected chi connectivity index (χ0v) is 15.7. The highest BCUT2D eigenvalue weighted by Crippen LogP contribution is 2.29. The van der Waals surface area contributed by atoms with Gasteiger partial charge in [-0.25, -0.2) is 4.79 Å². The highest BCUT2D eigenvalue weighted by molar-refractivity contribution is 6.44. The molecule has 1 N–H and O–H groups in total. The summed E-state index contributed by atoms with van der Waals surface area (Å²) in [5.41, 5.74) is 0.708. The Kier molecular flexibility index (Phi) is 7.45. The average Bonchev–Trinajstić information content (AvgIpc) is 2.68. The lowest BCUT2D eigenvalue weighted by atomic mass is 10.2. The second-order valence-corrected chi connectivity index (χ2v) is 5.91. The van der Waals surface area contributed by atoms with E-state index in [0.29, 0.717) is 23.3 Å². The predicted molar refractivity (Wildman–Crippen MR) is 99.9 cm³/mol. The molecular weight excluding hydrogens is 397 g/mol. The van der Waals surface area contributed by atoms with Gasteiger partial charge in [0.05, 0.1) is 22.8 Å². The van der Waals surface area contributed by atoms with Gasteiger partial charge in [-0.3, -0.25) is 9.59 Å². The fraction of sp³-hybridized carbons (Fsp3) is 0.167. The van der Waals surface area contributed by atoms with Gasteiger partial charge in [0, 0.05) is 5.56 Å². The van der Waals surface area contributed by atoms with Crippen molar-refractivity contribution in [3.05, 3.63) is 52.0 Å². The lowest BCUT2D eigenvalue weighted by Gasteiger charge is -2.11. The van der Waals surface area contributed by atoms with E-state index in [1.54, 1.807) is 18.2 Å². The molecule has 0 aliphatic heterocycles. The number of aldehydes is 1. The van der Waals surface area contributed by atoms with Gasteiger partial charge < -0.3 is 19.5 Å². The van der Waals surface area contributed by atoms with Crippen LogP contribution in [0.5, 0.6) is 11.5 Å². The Labute approximate surface area is 165 Å². The molecule has 7 nitrogen and oxygen atoms in total. The Balaban J connectivity index is 1.83. The van der Waals surface area contributed by atoms with E-state index in [0.717, 1.165) is 0 Å². The van der Waals surface area contributed by atoms with Gasteiger partial charge in [-0.1, -0.05) is 29.3 Å². The molecule has 0 bridgehead atoms. The van der Waals surface area contributed by atoms with Crippen molar-refractivity contribution < 1.29 is 28.6 Å². The number of methoxy groups -OCH3 is 1. The first-order valence-electron chi connectivity index (χ1n) is 7.60. The summed E-state index contributed by atoms with van der Waals surface area (Å²) in [4.78, 5) is 34.3. The molecule has 0 heterocycles. The zero-order valence-electron chi connectivity index (χ0n) is 14.2. The van der Waals surface area contributed by atoms with Crippen molar-refractivity contribution in [2.45, 2.75) is 0 Å². The van der Waals surface area contributed by atoms with Crippen molar-refractivity contribution in [2.24, 2.45) is 0 Å². The molecule has 2 rings (SSSR count). The van der Waals surface area contributed by atoms with Gasteiger partial charge in [-0.2, -0.15) is 0 Å². The third kappa shape index (κ3) is 5.87. The van der Waals surface area contributed by atoms with Crippen LogP contribution in [-0.4, -0.2) is 38.5 Å². The SMILES string of the molecule is COc1cc(C=O)ccc1OCC(=O)OCC(=O)Nc1cccc(Cl)c1Cl. The second kappa shape index (κ2) is 9.80. The van der Waals surface area contributed by atoms with Crippen LogP contribution in [0.4, 0.5) is 5.69 Å². The molecule has 0 saturated carbocycles. The van der Waals surface area contributed by atoms with E-state index in [1.165, 1.54) is 25.3 Å². The summed E-state index contributed by atoms with van der Waals surface area (Å²) in [6.07, 6.45) is 0.658. The third-order valence-corrected chi connectivity index (χ3v) is 4.08. The van der Waals surface area contributed by atoms with Crippen molar-refractivity contribution >= 4 is 47.1 Å². The number of hydrogen-bond acceptors (Lipinski definition) is 6. The molecule has 0 fully saturated rings. The van der Waals surface area contributed by atoms with E-state index in [9.17, 15) is 14.4 Å². The molecule has 0 spiro atoms. The summed E-state index contributed by atoms with van der Waals surface area (Å²) in [7, 11) is 1.40. The van der Waals surface area contributed by atoms with Crippen LogP contribution in [0.3, 0.4) is 0 Å². The number of esters is 1. The Bertz CT molecular complexity index is 856. The first-order valence-corrected chi connectivity index (χ1v) is 8.35. The maximum atomic E-state index is 11.8. The lowest BCUT2D eigenvalue weighted by Crippen LogP contribution is -2.23. The van der Waals surface area contributed by atoms with Crippen molar-refractivity contribution in [3.63, 3.8) is 0 Å². The highest BCUT2D eigenvalue weighted by Gasteiger charge is 2.13. The normalized spacial score (nSPS) is 10.0. The van der Waals surface area contributed by atoms with Gasteiger partial charge in [-0.15, -0.1) is 0 Å². The molecule has 142 valence electrons. The maximum absolute atomic E-state index is 11.8. The summed E-state index contributed by atoms with van der Waals surface area (Å²) in [5, 5.41) is 2.96. The molecule has 0 aliphatic rings. The van der Waals surface area contributed by atoms with E-state index >= 15 is 0 Å². The minimum absolute atomic E-state index is 0.188. The quantitative estimate of drug-likeness (QED) is 0.528. The van der Waals surface area contributed by atoms with Crippen LogP contribution in [0.1, 0.15) is 10.4 Å². The summed E-state index contributed by atoms with van der Waals surface area (Å²) >= 11 is 11.8. The molecule has 2 aromatic rings. The maximum Gasteiger partial charge on any atom is 0.344 e. The van der Waals surface area contributed by atoms with E-state index in [-0.39, 0.29) is 15.8 Å². The Morgan fingerprint density at radius 2 is 1.89 bits per heavy atom. The van der Waals surface area contributed by atoms with Gasteiger partial charge in [-0.05, 0) is 30.3 Å². The number of halogens is 2. The van der Waals surface area contributed by atoms with Gasteiger partial charge in [0.2, 0.25) is 0 Å². The highest BCUT2D eigenvalue weighted by atomic mass is 35.5. The van der Waals surface area contributed by atoms with Crippen molar-refractivity contribution in [1.29, 1.82) is 0 Å². The molecule has 1 amide bonds. The number of carbonyl (C=O) groups excluding carboxylic acids is 3. The summed E-state index contributed by atoms with van der Waals surface area (Å²) in [6, 6.07) is 9.23. The smallest absolute Gasteiger partial charge is 0.344 e. The Morgan fingerprint density at radius 3 is 2.59 bits per heavy atom. The number of benzene rings is 2. The fourth-order valence-electron chi connectivity index (χ4n) is 1.99. The van der Waals surface area contributed by atoms with E-state index in [2.05, 4.69) is 5.32 Å². The Morgan fingerprint density at radius 1 is 1.11 bits per heavy atom. The van der Waals surface area contributed by atoms with Crippen LogP contribution in [0.2, 0.25) is 10.0 Å². The first kappa shape index (κ1) is 20.5. The van der Waals surface area contributed by atoms with E-state index in [1.807, 2.05) is 0 Å². The minimum atomic E-state index is -0.760. The van der Waals surface area contributed by atoms with Crippen LogP contribution in [0.15, 0.2) is 36.4 Å². The molecule has 0 aliphatic carbocycles. The third-order valence-electron chi connectivity index (χ3n) is 3.26. The second-order valence-electron chi connectivity index (χ2n) is 5.13. The topological polar surface area (TPSA) is 90.9 Å². The summed E-state index contributed by atoms with van der Waals surface area (Å²) in [6.45, 7) is -0.964. The van der Waals surface area contributed by atoms with Crippen LogP contribution in [0, 0.1) is 0 Å². The van der Waals surface area contributed by atoms with Crippen LogP contribution >= 0.6 is 23.2 Å². The summed E-state index contributed by atoms with van der Waals surface area (Å²) in [5.74, 6) is -0.791. The minimum Gasteiger partial charge on any atom is -0.493 e. The molecule has 9 heteroatoms.